The maximum atomic E-state index is 15.6. The van der Waals surface area contributed by atoms with Crippen LogP contribution in [0.2, 0.25) is 0 Å². The first-order valence-corrected chi connectivity index (χ1v) is 19.3. The average Bonchev–Trinajstić information content (AvgIpc) is 3.09. The van der Waals surface area contributed by atoms with Crippen molar-refractivity contribution in [2.75, 3.05) is 0 Å². The smallest absolute Gasteiger partial charge is 0.194 e. The van der Waals surface area contributed by atoms with Crippen molar-refractivity contribution in [3.63, 3.8) is 0 Å². The van der Waals surface area contributed by atoms with Crippen LogP contribution in [-0.2, 0) is 10.8 Å². The predicted molar refractivity (Wildman–Crippen MR) is 211 cm³/mol. The average molecular weight is 663 g/mol. The lowest BCUT2D eigenvalue weighted by atomic mass is 9.84. The molecule has 6 aromatic carbocycles. The minimum atomic E-state index is -0.996. The molecule has 48 heavy (non-hydrogen) atoms. The van der Waals surface area contributed by atoms with Gasteiger partial charge in [0.1, 0.15) is 0 Å². The fourth-order valence-electron chi connectivity index (χ4n) is 6.07. The highest BCUT2D eigenvalue weighted by Gasteiger charge is 2.30. The van der Waals surface area contributed by atoms with Crippen LogP contribution in [-0.4, -0.2) is 5.78 Å². The van der Waals surface area contributed by atoms with E-state index < -0.39 is 15.8 Å². The number of ketones is 1. The molecule has 1 nitrogen and oxygen atoms in total. The summed E-state index contributed by atoms with van der Waals surface area (Å²) < 4.78 is 0. The van der Waals surface area contributed by atoms with Crippen molar-refractivity contribution in [3.8, 4) is 0 Å². The van der Waals surface area contributed by atoms with Gasteiger partial charge in [-0.25, -0.2) is 0 Å². The highest BCUT2D eigenvalue weighted by Crippen LogP contribution is 2.39. The Morgan fingerprint density at radius 1 is 0.396 bits per heavy atom. The van der Waals surface area contributed by atoms with Gasteiger partial charge in [-0.3, -0.25) is 4.79 Å². The summed E-state index contributed by atoms with van der Waals surface area (Å²) in [6.07, 6.45) is 0. The molecular formula is C45H44OP2. The van der Waals surface area contributed by atoms with Crippen molar-refractivity contribution in [2.24, 2.45) is 0 Å². The zero-order chi connectivity index (χ0) is 33.9. The van der Waals surface area contributed by atoms with Crippen LogP contribution in [0.15, 0.2) is 158 Å². The molecule has 0 heterocycles. The molecule has 3 heteroatoms. The molecule has 0 radical (unpaired) electrons. The SMILES string of the molecule is CC(C)(C)c1ccc(P(c2ccccc2)c2ccccc2)c(C(=O)c2cc(C(C)(C)C)ccc2P(c2ccccc2)c2ccccc2)c1. The van der Waals surface area contributed by atoms with Crippen molar-refractivity contribution in [2.45, 2.75) is 52.4 Å². The Labute approximate surface area is 289 Å². The first kappa shape index (κ1) is 33.7. The van der Waals surface area contributed by atoms with Gasteiger partial charge in [-0.1, -0.05) is 187 Å². The van der Waals surface area contributed by atoms with Crippen LogP contribution in [0, 0.1) is 0 Å². The highest BCUT2D eigenvalue weighted by atomic mass is 31.1. The molecule has 6 rings (SSSR count). The molecule has 0 aliphatic heterocycles. The van der Waals surface area contributed by atoms with Gasteiger partial charge >= 0.3 is 0 Å². The molecule has 0 aliphatic rings. The molecular weight excluding hydrogens is 618 g/mol. The summed E-state index contributed by atoms with van der Waals surface area (Å²) in [7, 11) is -1.99. The van der Waals surface area contributed by atoms with Gasteiger partial charge in [0.15, 0.2) is 5.78 Å². The summed E-state index contributed by atoms with van der Waals surface area (Å²) in [5.74, 6) is 0.0934. The summed E-state index contributed by atoms with van der Waals surface area (Å²) in [6, 6.07) is 56.1. The van der Waals surface area contributed by atoms with Crippen LogP contribution in [0.4, 0.5) is 0 Å². The molecule has 0 amide bonds. The van der Waals surface area contributed by atoms with E-state index in [1.807, 2.05) is 0 Å². The fraction of sp³-hybridized carbons (Fsp3) is 0.178. The Kier molecular flexibility index (Phi) is 9.94. The summed E-state index contributed by atoms with van der Waals surface area (Å²) in [5.41, 5.74) is 3.67. The lowest BCUT2D eigenvalue weighted by molar-refractivity contribution is 0.104. The van der Waals surface area contributed by atoms with Crippen LogP contribution in [0.5, 0.6) is 0 Å². The first-order valence-electron chi connectivity index (χ1n) is 16.7. The molecule has 0 saturated heterocycles. The van der Waals surface area contributed by atoms with Crippen LogP contribution in [0.1, 0.15) is 68.6 Å². The summed E-state index contributed by atoms with van der Waals surface area (Å²) in [6.45, 7) is 13.4. The number of benzene rings is 6. The Morgan fingerprint density at radius 2 is 0.667 bits per heavy atom. The van der Waals surface area contributed by atoms with Gasteiger partial charge in [0.25, 0.3) is 0 Å². The molecule has 0 fully saturated rings. The molecule has 6 aromatic rings. The van der Waals surface area contributed by atoms with Crippen molar-refractivity contribution < 1.29 is 4.79 Å². The molecule has 0 N–H and O–H groups in total. The lowest BCUT2D eigenvalue weighted by Gasteiger charge is -2.28. The number of carbonyl (C=O) groups excluding carboxylic acids is 1. The van der Waals surface area contributed by atoms with Crippen molar-refractivity contribution >= 4 is 53.5 Å². The van der Waals surface area contributed by atoms with E-state index in [2.05, 4.69) is 199 Å². The molecule has 240 valence electrons. The van der Waals surface area contributed by atoms with Crippen LogP contribution >= 0.6 is 15.8 Å². The van der Waals surface area contributed by atoms with Crippen molar-refractivity contribution in [1.29, 1.82) is 0 Å². The number of hydrogen-bond donors (Lipinski definition) is 0. The minimum absolute atomic E-state index is 0.0934. The zero-order valence-corrected chi connectivity index (χ0v) is 30.6. The van der Waals surface area contributed by atoms with Gasteiger partial charge in [0, 0.05) is 11.1 Å². The predicted octanol–water partition coefficient (Wildman–Crippen LogP) is 9.03. The summed E-state index contributed by atoms with van der Waals surface area (Å²) >= 11 is 0. The van der Waals surface area contributed by atoms with E-state index in [1.54, 1.807) is 0 Å². The van der Waals surface area contributed by atoms with E-state index in [0.29, 0.717) is 0 Å². The Balaban J connectivity index is 1.65. The van der Waals surface area contributed by atoms with Crippen molar-refractivity contribution in [3.05, 3.63) is 180 Å². The van der Waals surface area contributed by atoms with E-state index in [4.69, 9.17) is 0 Å². The fourth-order valence-corrected chi connectivity index (χ4v) is 10.9. The van der Waals surface area contributed by atoms with Gasteiger partial charge in [0.05, 0.1) is 0 Å². The maximum absolute atomic E-state index is 15.6. The molecule has 0 spiro atoms. The number of carbonyl (C=O) groups is 1. The summed E-state index contributed by atoms with van der Waals surface area (Å²) in [4.78, 5) is 15.6. The van der Waals surface area contributed by atoms with Gasteiger partial charge < -0.3 is 0 Å². The third-order valence-electron chi connectivity index (χ3n) is 8.75. The number of rotatable bonds is 8. The minimum Gasteiger partial charge on any atom is -0.289 e. The van der Waals surface area contributed by atoms with Crippen molar-refractivity contribution in [1.82, 2.24) is 0 Å². The van der Waals surface area contributed by atoms with E-state index in [-0.39, 0.29) is 16.6 Å². The third kappa shape index (κ3) is 7.29. The maximum Gasteiger partial charge on any atom is 0.194 e. The lowest BCUT2D eigenvalue weighted by Crippen LogP contribution is -2.30. The molecule has 0 aliphatic carbocycles. The number of hydrogen-bond acceptors (Lipinski definition) is 1. The second-order valence-corrected chi connectivity index (χ2v) is 18.7. The Hall–Kier alpha value is -4.15. The standard InChI is InChI=1S/C45H44OP2/c1-44(2,3)33-27-29-41(47(35-19-11-7-12-20-35)36-21-13-8-14-22-36)39(31-33)43(46)40-32-34(45(4,5)6)28-30-42(40)48(37-23-15-9-16-24-37)38-25-17-10-18-26-38/h7-32H,1-6H3. The van der Waals surface area contributed by atoms with Crippen LogP contribution in [0.25, 0.3) is 0 Å². The van der Waals surface area contributed by atoms with Gasteiger partial charge in [-0.05, 0) is 81.8 Å². The largest absolute Gasteiger partial charge is 0.289 e. The van der Waals surface area contributed by atoms with Gasteiger partial charge in [0.2, 0.25) is 0 Å². The third-order valence-corrected chi connectivity index (χ3v) is 13.8. The summed E-state index contributed by atoms with van der Waals surface area (Å²) in [5, 5.41) is 7.12. The first-order chi connectivity index (χ1) is 23.0. The van der Waals surface area contributed by atoms with Crippen LogP contribution in [0.3, 0.4) is 0 Å². The van der Waals surface area contributed by atoms with Gasteiger partial charge in [-0.2, -0.15) is 0 Å². The Bertz CT molecular complexity index is 1760. The molecule has 0 unspecified atom stereocenters. The normalized spacial score (nSPS) is 12.0. The second kappa shape index (κ2) is 14.1. The van der Waals surface area contributed by atoms with Gasteiger partial charge in [-0.15, -0.1) is 0 Å². The van der Waals surface area contributed by atoms with E-state index >= 15 is 4.79 Å². The molecule has 0 saturated carbocycles. The zero-order valence-electron chi connectivity index (χ0n) is 28.8. The Morgan fingerprint density at radius 3 is 0.917 bits per heavy atom. The molecule has 0 atom stereocenters. The quantitative estimate of drug-likeness (QED) is 0.117. The monoisotopic (exact) mass is 662 g/mol. The highest BCUT2D eigenvalue weighted by molar-refractivity contribution is 7.80. The van der Waals surface area contributed by atoms with E-state index in [0.717, 1.165) is 32.9 Å². The molecule has 0 aromatic heterocycles. The second-order valence-electron chi connectivity index (χ2n) is 14.3. The van der Waals surface area contributed by atoms with Crippen LogP contribution < -0.4 is 31.8 Å². The van der Waals surface area contributed by atoms with E-state index in [1.165, 1.54) is 21.2 Å². The van der Waals surface area contributed by atoms with E-state index in [9.17, 15) is 0 Å². The molecule has 0 bridgehead atoms. The topological polar surface area (TPSA) is 17.1 Å².